The van der Waals surface area contributed by atoms with Gasteiger partial charge in [-0.05, 0) is 64.0 Å². The molecule has 1 unspecified atom stereocenters. The minimum Gasteiger partial charge on any atom is -0.444 e. The van der Waals surface area contributed by atoms with Crippen LogP contribution in [0.3, 0.4) is 0 Å². The first-order valence-corrected chi connectivity index (χ1v) is 8.99. The second kappa shape index (κ2) is 5.53. The molecule has 0 saturated carbocycles. The minimum atomic E-state index is -0.426. The molecule has 1 N–H and O–H groups in total. The molecule has 1 aromatic heterocycles. The predicted molar refractivity (Wildman–Crippen MR) is 89.3 cm³/mol. The van der Waals surface area contributed by atoms with Gasteiger partial charge in [-0.1, -0.05) is 0 Å². The number of fused-ring (bicyclic) bond motifs is 2. The van der Waals surface area contributed by atoms with Gasteiger partial charge in [0.2, 0.25) is 0 Å². The van der Waals surface area contributed by atoms with Crippen molar-refractivity contribution >= 4 is 17.4 Å². The first kappa shape index (κ1) is 15.8. The maximum Gasteiger partial charge on any atom is 0.410 e. The van der Waals surface area contributed by atoms with Gasteiger partial charge in [0.15, 0.2) is 0 Å². The molecule has 1 saturated heterocycles. The Morgan fingerprint density at radius 2 is 2.09 bits per heavy atom. The number of carbonyl (C=O) groups is 1. The highest BCUT2D eigenvalue weighted by molar-refractivity contribution is 7.10. The third-order valence-corrected chi connectivity index (χ3v) is 5.66. The van der Waals surface area contributed by atoms with Crippen LogP contribution in [0.4, 0.5) is 4.79 Å². The zero-order chi connectivity index (χ0) is 16.0. The summed E-state index contributed by atoms with van der Waals surface area (Å²) in [5.74, 6) is 0. The molecule has 0 bridgehead atoms. The van der Waals surface area contributed by atoms with Gasteiger partial charge in [-0.25, -0.2) is 4.79 Å². The molecule has 3 heterocycles. The average molecular weight is 322 g/mol. The summed E-state index contributed by atoms with van der Waals surface area (Å²) in [4.78, 5) is 15.6. The van der Waals surface area contributed by atoms with E-state index in [0.29, 0.717) is 6.04 Å². The molecule has 4 nitrogen and oxygen atoms in total. The number of hydrogen-bond acceptors (Lipinski definition) is 4. The van der Waals surface area contributed by atoms with Crippen LogP contribution in [0, 0.1) is 0 Å². The molecule has 1 atom stereocenters. The number of carbonyl (C=O) groups excluding carboxylic acids is 1. The maximum atomic E-state index is 12.2. The van der Waals surface area contributed by atoms with Crippen molar-refractivity contribution in [3.8, 4) is 0 Å². The average Bonchev–Trinajstić information content (AvgIpc) is 2.86. The molecule has 0 aromatic carbocycles. The van der Waals surface area contributed by atoms with E-state index in [4.69, 9.17) is 4.74 Å². The normalized spacial score (nSPS) is 24.2. The van der Waals surface area contributed by atoms with E-state index < -0.39 is 5.60 Å². The number of nitrogens with zero attached hydrogens (tertiary/aromatic N) is 1. The number of rotatable bonds is 0. The number of thiophene rings is 1. The van der Waals surface area contributed by atoms with Gasteiger partial charge in [-0.3, -0.25) is 0 Å². The van der Waals surface area contributed by atoms with E-state index >= 15 is 0 Å². The lowest BCUT2D eigenvalue weighted by molar-refractivity contribution is 0.0133. The zero-order valence-electron chi connectivity index (χ0n) is 13.9. The van der Waals surface area contributed by atoms with Crippen molar-refractivity contribution in [3.05, 3.63) is 21.9 Å². The molecule has 0 aliphatic carbocycles. The summed E-state index contributed by atoms with van der Waals surface area (Å²) >= 11 is 1.86. The van der Waals surface area contributed by atoms with Crippen molar-refractivity contribution in [2.24, 2.45) is 0 Å². The molecule has 3 rings (SSSR count). The van der Waals surface area contributed by atoms with Crippen LogP contribution in [0.2, 0.25) is 0 Å². The van der Waals surface area contributed by atoms with E-state index in [1.165, 1.54) is 10.4 Å². The highest BCUT2D eigenvalue weighted by Gasteiger charge is 2.43. The fourth-order valence-corrected chi connectivity index (χ4v) is 4.76. The van der Waals surface area contributed by atoms with Crippen LogP contribution in [-0.2, 0) is 16.7 Å². The Hall–Kier alpha value is -1.07. The third-order valence-electron chi connectivity index (χ3n) is 4.50. The smallest absolute Gasteiger partial charge is 0.410 e. The summed E-state index contributed by atoms with van der Waals surface area (Å²) in [7, 11) is 0. The Balaban J connectivity index is 1.71. The Morgan fingerprint density at radius 3 is 2.73 bits per heavy atom. The lowest BCUT2D eigenvalue weighted by Gasteiger charge is -2.46. The van der Waals surface area contributed by atoms with E-state index in [0.717, 1.165) is 32.4 Å². The van der Waals surface area contributed by atoms with Gasteiger partial charge in [-0.15, -0.1) is 11.3 Å². The molecule has 5 heteroatoms. The fourth-order valence-electron chi connectivity index (χ4n) is 3.60. The largest absolute Gasteiger partial charge is 0.444 e. The van der Waals surface area contributed by atoms with Crippen molar-refractivity contribution in [3.63, 3.8) is 0 Å². The molecular formula is C17H26N2O2S. The van der Waals surface area contributed by atoms with Crippen LogP contribution < -0.4 is 5.32 Å². The Kier molecular flexibility index (Phi) is 3.98. The lowest BCUT2D eigenvalue weighted by Crippen LogP contribution is -2.57. The molecular weight excluding hydrogens is 296 g/mol. The van der Waals surface area contributed by atoms with Crippen molar-refractivity contribution in [2.45, 2.75) is 64.1 Å². The first-order valence-electron chi connectivity index (χ1n) is 8.12. The van der Waals surface area contributed by atoms with Crippen LogP contribution in [0.1, 0.15) is 51.0 Å². The summed E-state index contributed by atoms with van der Waals surface area (Å²) in [6.45, 7) is 9.51. The first-order chi connectivity index (χ1) is 10.3. The number of ether oxygens (including phenoxy) is 1. The van der Waals surface area contributed by atoms with Crippen molar-refractivity contribution in [1.82, 2.24) is 10.2 Å². The van der Waals surface area contributed by atoms with Crippen LogP contribution in [-0.4, -0.2) is 35.7 Å². The van der Waals surface area contributed by atoms with Gasteiger partial charge < -0.3 is 15.0 Å². The molecule has 122 valence electrons. The lowest BCUT2D eigenvalue weighted by atomic mass is 9.79. The molecule has 1 aromatic rings. The van der Waals surface area contributed by atoms with Gasteiger partial charge in [0, 0.05) is 24.0 Å². The third kappa shape index (κ3) is 3.01. The fraction of sp³-hybridized carbons (Fsp3) is 0.706. The highest BCUT2D eigenvalue weighted by atomic mass is 32.1. The SMILES string of the molecule is CC1Cc2ccsc2C2(CCN(C(=O)OC(C)(C)C)CC2)N1. The summed E-state index contributed by atoms with van der Waals surface area (Å²) in [6, 6.07) is 2.76. The molecule has 0 radical (unpaired) electrons. The van der Waals surface area contributed by atoms with Crippen molar-refractivity contribution < 1.29 is 9.53 Å². The maximum absolute atomic E-state index is 12.2. The number of piperidine rings is 1. The van der Waals surface area contributed by atoms with Gasteiger partial charge in [0.25, 0.3) is 0 Å². The number of hydrogen-bond donors (Lipinski definition) is 1. The number of amides is 1. The van der Waals surface area contributed by atoms with Gasteiger partial charge in [0.1, 0.15) is 5.60 Å². The quantitative estimate of drug-likeness (QED) is 0.795. The molecule has 1 amide bonds. The number of nitrogens with one attached hydrogen (secondary N) is 1. The molecule has 22 heavy (non-hydrogen) atoms. The zero-order valence-corrected chi connectivity index (χ0v) is 14.8. The predicted octanol–water partition coefficient (Wildman–Crippen LogP) is 3.51. The Morgan fingerprint density at radius 1 is 1.41 bits per heavy atom. The van der Waals surface area contributed by atoms with Gasteiger partial charge >= 0.3 is 6.09 Å². The summed E-state index contributed by atoms with van der Waals surface area (Å²) in [5, 5.41) is 6.01. The van der Waals surface area contributed by atoms with E-state index in [1.54, 1.807) is 0 Å². The second-order valence-electron chi connectivity index (χ2n) is 7.57. The minimum absolute atomic E-state index is 0.0552. The molecule has 2 aliphatic rings. The van der Waals surface area contributed by atoms with Crippen molar-refractivity contribution in [1.29, 1.82) is 0 Å². The van der Waals surface area contributed by atoms with E-state index in [9.17, 15) is 4.79 Å². The van der Waals surface area contributed by atoms with Crippen LogP contribution >= 0.6 is 11.3 Å². The van der Waals surface area contributed by atoms with Gasteiger partial charge in [-0.2, -0.15) is 0 Å². The standard InChI is InChI=1S/C17H26N2O2S/c1-12-11-13-5-10-22-14(13)17(18-12)6-8-19(9-7-17)15(20)21-16(2,3)4/h5,10,12,18H,6-9,11H2,1-4H3. The molecule has 2 aliphatic heterocycles. The number of likely N-dealkylation sites (tertiary alicyclic amines) is 1. The molecule has 1 fully saturated rings. The monoisotopic (exact) mass is 322 g/mol. The van der Waals surface area contributed by atoms with E-state index in [2.05, 4.69) is 23.7 Å². The Bertz CT molecular complexity index is 553. The van der Waals surface area contributed by atoms with E-state index in [-0.39, 0.29) is 11.6 Å². The van der Waals surface area contributed by atoms with Gasteiger partial charge in [0.05, 0.1) is 5.54 Å². The van der Waals surface area contributed by atoms with Crippen LogP contribution in [0.5, 0.6) is 0 Å². The summed E-state index contributed by atoms with van der Waals surface area (Å²) in [5.41, 5.74) is 1.12. The Labute approximate surface area is 136 Å². The van der Waals surface area contributed by atoms with Crippen molar-refractivity contribution in [2.75, 3.05) is 13.1 Å². The second-order valence-corrected chi connectivity index (χ2v) is 8.49. The van der Waals surface area contributed by atoms with Crippen LogP contribution in [0.15, 0.2) is 11.4 Å². The topological polar surface area (TPSA) is 41.6 Å². The highest BCUT2D eigenvalue weighted by Crippen LogP contribution is 2.42. The summed E-state index contributed by atoms with van der Waals surface area (Å²) in [6.07, 6.45) is 2.85. The molecule has 1 spiro atoms. The van der Waals surface area contributed by atoms with Crippen LogP contribution in [0.25, 0.3) is 0 Å². The summed E-state index contributed by atoms with van der Waals surface area (Å²) < 4.78 is 5.50. The van der Waals surface area contributed by atoms with E-state index in [1.807, 2.05) is 37.0 Å².